The van der Waals surface area contributed by atoms with Gasteiger partial charge in [0.1, 0.15) is 22.1 Å². The number of hydrogen-bond acceptors (Lipinski definition) is 10. The lowest BCUT2D eigenvalue weighted by atomic mass is 9.80. The van der Waals surface area contributed by atoms with Crippen molar-refractivity contribution in [1.82, 2.24) is 9.80 Å². The number of nitriles is 1. The predicted molar refractivity (Wildman–Crippen MR) is 159 cm³/mol. The Balaban J connectivity index is 1.89. The summed E-state index contributed by atoms with van der Waals surface area (Å²) in [7, 11) is 2.57. The van der Waals surface area contributed by atoms with Crippen molar-refractivity contribution >= 4 is 27.5 Å². The third-order valence-electron chi connectivity index (χ3n) is 8.05. The van der Waals surface area contributed by atoms with Crippen LogP contribution in [0.3, 0.4) is 0 Å². The Hall–Kier alpha value is -4.64. The van der Waals surface area contributed by atoms with E-state index in [4.69, 9.17) is 14.2 Å². The molecular weight excluding hydrogens is 588 g/mol. The first kappa shape index (κ1) is 30.8. The number of methoxy groups -OCH3 is 3. The number of ether oxygens (including phenoxy) is 3. The summed E-state index contributed by atoms with van der Waals surface area (Å²) in [6, 6.07) is 16.0. The summed E-state index contributed by atoms with van der Waals surface area (Å²) in [5, 5.41) is 20.8. The van der Waals surface area contributed by atoms with Crippen molar-refractivity contribution in [3.05, 3.63) is 77.4 Å². The molecule has 1 N–H and O–H groups in total. The molecule has 3 aromatic rings. The van der Waals surface area contributed by atoms with E-state index in [0.29, 0.717) is 10.1 Å². The van der Waals surface area contributed by atoms with E-state index in [-0.39, 0.29) is 57.6 Å². The molecular formula is C31H32N4O8S. The van der Waals surface area contributed by atoms with Crippen LogP contribution in [0.15, 0.2) is 65.6 Å². The number of benzene rings is 3. The first-order valence-corrected chi connectivity index (χ1v) is 15.1. The van der Waals surface area contributed by atoms with E-state index in [1.165, 1.54) is 67.5 Å². The number of β-amino-alcohol motifs (C(OH)–C–C–N with tert-alkyl or cyclic N) is 1. The summed E-state index contributed by atoms with van der Waals surface area (Å²) in [5.41, 5.74) is -1.47. The Morgan fingerprint density at radius 2 is 1.70 bits per heavy atom. The average molecular weight is 621 g/mol. The quantitative estimate of drug-likeness (QED) is 0.397. The van der Waals surface area contributed by atoms with E-state index >= 15 is 4.79 Å². The van der Waals surface area contributed by atoms with Gasteiger partial charge in [-0.15, -0.1) is 0 Å². The van der Waals surface area contributed by atoms with Crippen LogP contribution in [0.1, 0.15) is 23.1 Å². The standard InChI is InChI=1S/C31H32N4O8S/c1-33(2)29(37)25-15-20(36)18-34(25)31(22-8-6-7-9-26(22)42-4)23-14-19(17-32)10-12-24(23)35(30(31)38)44(39,40)28-13-11-21(41-3)16-27(28)43-5/h6-14,16,20,25,36H,15,18H2,1-5H3/t20-,25+,31+/m1/s1. The second-order valence-corrected chi connectivity index (χ2v) is 12.4. The van der Waals surface area contributed by atoms with Crippen molar-refractivity contribution in [2.24, 2.45) is 0 Å². The fourth-order valence-corrected chi connectivity index (χ4v) is 7.72. The van der Waals surface area contributed by atoms with Gasteiger partial charge in [-0.3, -0.25) is 14.5 Å². The van der Waals surface area contributed by atoms with Gasteiger partial charge in [0.15, 0.2) is 5.54 Å². The number of aliphatic hydroxyl groups excluding tert-OH is 1. The van der Waals surface area contributed by atoms with E-state index in [1.54, 1.807) is 38.4 Å². The van der Waals surface area contributed by atoms with Crippen molar-refractivity contribution in [1.29, 1.82) is 5.26 Å². The molecule has 1 saturated heterocycles. The van der Waals surface area contributed by atoms with Gasteiger partial charge in [-0.05, 0) is 42.8 Å². The molecule has 3 aromatic carbocycles. The highest BCUT2D eigenvalue weighted by Crippen LogP contribution is 2.55. The van der Waals surface area contributed by atoms with Crippen molar-refractivity contribution in [3.63, 3.8) is 0 Å². The SMILES string of the molecule is COc1ccc(S(=O)(=O)N2C(=O)[C@@](c3ccccc3OC)(N3C[C@H](O)C[C@H]3C(=O)N(C)C)c3cc(C#N)ccc32)c(OC)c1. The van der Waals surface area contributed by atoms with Crippen LogP contribution in [-0.2, 0) is 25.2 Å². The number of carbonyl (C=O) groups is 2. The molecule has 2 aliphatic heterocycles. The van der Waals surface area contributed by atoms with Gasteiger partial charge in [-0.2, -0.15) is 5.26 Å². The maximum atomic E-state index is 15.2. The Morgan fingerprint density at radius 1 is 1.00 bits per heavy atom. The van der Waals surface area contributed by atoms with Crippen molar-refractivity contribution in [2.45, 2.75) is 29.0 Å². The fraction of sp³-hybridized carbons (Fsp3) is 0.323. The van der Waals surface area contributed by atoms with Crippen LogP contribution in [0.25, 0.3) is 0 Å². The number of likely N-dealkylation sites (tertiary alicyclic amines) is 1. The van der Waals surface area contributed by atoms with Gasteiger partial charge >= 0.3 is 0 Å². The molecule has 12 nitrogen and oxygen atoms in total. The Kier molecular flexibility index (Phi) is 8.02. The summed E-state index contributed by atoms with van der Waals surface area (Å²) in [6.07, 6.45) is -1.02. The highest BCUT2D eigenvalue weighted by Gasteiger charge is 2.64. The van der Waals surface area contributed by atoms with E-state index in [9.17, 15) is 23.6 Å². The molecule has 3 atom stereocenters. The topological polar surface area (TPSA) is 150 Å². The number of para-hydroxylation sites is 1. The summed E-state index contributed by atoms with van der Waals surface area (Å²) in [6.45, 7) is -0.149. The van der Waals surface area contributed by atoms with E-state index < -0.39 is 33.6 Å². The number of anilines is 1. The molecule has 13 heteroatoms. The molecule has 0 bridgehead atoms. The number of sulfonamides is 1. The van der Waals surface area contributed by atoms with E-state index in [2.05, 4.69) is 6.07 Å². The summed E-state index contributed by atoms with van der Waals surface area (Å²) in [4.78, 5) is 31.4. The van der Waals surface area contributed by atoms with Crippen LogP contribution in [0, 0.1) is 11.3 Å². The van der Waals surface area contributed by atoms with E-state index in [0.717, 1.165) is 0 Å². The number of nitrogens with zero attached hydrogens (tertiary/aromatic N) is 4. The van der Waals surface area contributed by atoms with Crippen LogP contribution in [0.5, 0.6) is 17.2 Å². The number of aliphatic hydroxyl groups is 1. The molecule has 2 heterocycles. The molecule has 2 amide bonds. The fourth-order valence-electron chi connectivity index (χ4n) is 6.12. The van der Waals surface area contributed by atoms with Crippen molar-refractivity contribution < 1.29 is 37.3 Å². The summed E-state index contributed by atoms with van der Waals surface area (Å²) in [5.74, 6) is -0.797. The van der Waals surface area contributed by atoms with Crippen LogP contribution < -0.4 is 18.5 Å². The van der Waals surface area contributed by atoms with Crippen molar-refractivity contribution in [2.75, 3.05) is 46.3 Å². The molecule has 2 aliphatic rings. The Bertz CT molecular complexity index is 1790. The molecule has 0 radical (unpaired) electrons. The minimum absolute atomic E-state index is 0.00643. The number of carbonyl (C=O) groups excluding carboxylic acids is 2. The number of amides is 2. The normalized spacial score (nSPS) is 21.5. The van der Waals surface area contributed by atoms with Gasteiger partial charge in [-0.25, -0.2) is 12.7 Å². The third-order valence-corrected chi connectivity index (χ3v) is 9.79. The molecule has 44 heavy (non-hydrogen) atoms. The minimum Gasteiger partial charge on any atom is -0.497 e. The molecule has 0 spiro atoms. The molecule has 0 unspecified atom stereocenters. The monoisotopic (exact) mass is 620 g/mol. The van der Waals surface area contributed by atoms with Crippen LogP contribution in [-0.4, -0.2) is 89.3 Å². The average Bonchev–Trinajstić information content (AvgIpc) is 3.54. The third kappa shape index (κ3) is 4.54. The first-order chi connectivity index (χ1) is 21.0. The van der Waals surface area contributed by atoms with Crippen LogP contribution in [0.4, 0.5) is 5.69 Å². The van der Waals surface area contributed by atoms with Gasteiger partial charge in [0.25, 0.3) is 15.9 Å². The molecule has 230 valence electrons. The van der Waals surface area contributed by atoms with Crippen molar-refractivity contribution in [3.8, 4) is 23.3 Å². The summed E-state index contributed by atoms with van der Waals surface area (Å²) >= 11 is 0. The lowest BCUT2D eigenvalue weighted by Crippen LogP contribution is -2.59. The minimum atomic E-state index is -4.69. The summed E-state index contributed by atoms with van der Waals surface area (Å²) < 4.78 is 46.1. The number of likely N-dealkylation sites (N-methyl/N-ethyl adjacent to an activating group) is 1. The first-order valence-electron chi connectivity index (χ1n) is 13.6. The largest absolute Gasteiger partial charge is 0.497 e. The lowest BCUT2D eigenvalue weighted by Gasteiger charge is -2.42. The number of fused-ring (bicyclic) bond motifs is 1. The molecule has 1 fully saturated rings. The molecule has 0 aromatic heterocycles. The smallest absolute Gasteiger partial charge is 0.274 e. The molecule has 0 aliphatic carbocycles. The van der Waals surface area contributed by atoms with Gasteiger partial charge in [0, 0.05) is 37.8 Å². The maximum Gasteiger partial charge on any atom is 0.274 e. The number of rotatable bonds is 8. The van der Waals surface area contributed by atoms with Crippen LogP contribution >= 0.6 is 0 Å². The van der Waals surface area contributed by atoms with Gasteiger partial charge < -0.3 is 24.2 Å². The predicted octanol–water partition coefficient (Wildman–Crippen LogP) is 2.09. The molecule has 0 saturated carbocycles. The Labute approximate surface area is 255 Å². The highest BCUT2D eigenvalue weighted by atomic mass is 32.2. The van der Waals surface area contributed by atoms with Gasteiger partial charge in [0.05, 0.1) is 50.8 Å². The zero-order valence-electron chi connectivity index (χ0n) is 24.8. The highest BCUT2D eigenvalue weighted by molar-refractivity contribution is 7.93. The maximum absolute atomic E-state index is 15.2. The lowest BCUT2D eigenvalue weighted by molar-refractivity contribution is -0.138. The second-order valence-electron chi connectivity index (χ2n) is 10.6. The number of hydrogen-bond donors (Lipinski definition) is 1. The Morgan fingerprint density at radius 3 is 2.34 bits per heavy atom. The van der Waals surface area contributed by atoms with Gasteiger partial charge in [0.2, 0.25) is 5.91 Å². The second kappa shape index (κ2) is 11.5. The zero-order valence-corrected chi connectivity index (χ0v) is 25.7. The molecule has 5 rings (SSSR count). The van der Waals surface area contributed by atoms with E-state index in [1.807, 2.05) is 0 Å². The zero-order chi connectivity index (χ0) is 32.0. The van der Waals surface area contributed by atoms with Crippen LogP contribution in [0.2, 0.25) is 0 Å². The van der Waals surface area contributed by atoms with Gasteiger partial charge in [-0.1, -0.05) is 18.2 Å².